The number of carbonyl (C=O) groups is 1. The van der Waals surface area contributed by atoms with Crippen LogP contribution in [0.5, 0.6) is 0 Å². The third-order valence-corrected chi connectivity index (χ3v) is 6.81. The molecule has 0 heterocycles. The predicted molar refractivity (Wildman–Crippen MR) is 118 cm³/mol. The third kappa shape index (κ3) is 5.70. The van der Waals surface area contributed by atoms with E-state index in [4.69, 9.17) is 0 Å². The van der Waals surface area contributed by atoms with Crippen molar-refractivity contribution in [2.45, 2.75) is 50.0 Å². The number of carboxylic acids is 1. The van der Waals surface area contributed by atoms with Gasteiger partial charge in [0.15, 0.2) is 0 Å². The molecule has 6 nitrogen and oxygen atoms in total. The minimum absolute atomic E-state index is 0.0530. The molecule has 30 heavy (non-hydrogen) atoms. The number of hydrogen-bond donors (Lipinski definition) is 3. The van der Waals surface area contributed by atoms with Gasteiger partial charge in [0.05, 0.1) is 11.3 Å². The van der Waals surface area contributed by atoms with Gasteiger partial charge in [-0.15, -0.1) is 0 Å². The van der Waals surface area contributed by atoms with Crippen LogP contribution in [0.25, 0.3) is 0 Å². The zero-order valence-corrected chi connectivity index (χ0v) is 17.9. The Balaban J connectivity index is 1.81. The van der Waals surface area contributed by atoms with Crippen molar-refractivity contribution in [2.75, 3.05) is 11.9 Å². The van der Waals surface area contributed by atoms with Crippen LogP contribution in [0.15, 0.2) is 65.1 Å². The molecule has 0 saturated heterocycles. The van der Waals surface area contributed by atoms with E-state index in [1.807, 2.05) is 37.3 Å². The van der Waals surface area contributed by atoms with Crippen LogP contribution < -0.4 is 10.0 Å². The molecular formula is C23H28N2O4S. The Bertz CT molecular complexity index is 1020. The van der Waals surface area contributed by atoms with Crippen LogP contribution in [0, 0.1) is 0 Å². The molecule has 0 fully saturated rings. The van der Waals surface area contributed by atoms with Gasteiger partial charge in [-0.05, 0) is 62.8 Å². The lowest BCUT2D eigenvalue weighted by atomic mass is 9.97. The Kier molecular flexibility index (Phi) is 7.29. The molecular weight excluding hydrogens is 400 g/mol. The molecule has 0 bridgehead atoms. The lowest BCUT2D eigenvalue weighted by molar-refractivity contribution is 0.0696. The largest absolute Gasteiger partial charge is 0.478 e. The highest BCUT2D eigenvalue weighted by atomic mass is 32.2. The zero-order chi connectivity index (χ0) is 21.6. The van der Waals surface area contributed by atoms with Crippen molar-refractivity contribution < 1.29 is 18.3 Å². The number of allylic oxidation sites excluding steroid dienone is 1. The standard InChI is InChI=1S/C23H28N2O4S/c1-17(19-10-6-3-7-11-19)25-21-13-12-20(23(26)27)16-22(21)30(28,29)24-15-14-18-8-4-2-5-9-18/h3,6-8,10-13,16-17,24-25H,2,4-5,9,14-15H2,1H3,(H,26,27)/t17-/m0/s1. The number of aromatic carboxylic acids is 1. The number of anilines is 1. The van der Waals surface area contributed by atoms with Crippen LogP contribution in [-0.4, -0.2) is 26.0 Å². The van der Waals surface area contributed by atoms with Crippen LogP contribution >= 0.6 is 0 Å². The number of carboxylic acid groups (broad SMARTS) is 1. The van der Waals surface area contributed by atoms with E-state index >= 15 is 0 Å². The van der Waals surface area contributed by atoms with Crippen molar-refractivity contribution in [3.63, 3.8) is 0 Å². The van der Waals surface area contributed by atoms with Gasteiger partial charge in [-0.2, -0.15) is 0 Å². The molecule has 0 unspecified atom stereocenters. The molecule has 3 rings (SSSR count). The van der Waals surface area contributed by atoms with Gasteiger partial charge in [-0.25, -0.2) is 17.9 Å². The number of benzene rings is 2. The van der Waals surface area contributed by atoms with Gasteiger partial charge >= 0.3 is 5.97 Å². The summed E-state index contributed by atoms with van der Waals surface area (Å²) in [7, 11) is -3.88. The summed E-state index contributed by atoms with van der Waals surface area (Å²) in [5.41, 5.74) is 2.59. The SMILES string of the molecule is C[C@H](Nc1ccc(C(=O)O)cc1S(=O)(=O)NCCC1=CCCCC1)c1ccccc1. The van der Waals surface area contributed by atoms with Gasteiger partial charge in [0.1, 0.15) is 4.90 Å². The summed E-state index contributed by atoms with van der Waals surface area (Å²) in [6.07, 6.45) is 7.25. The topological polar surface area (TPSA) is 95.5 Å². The quantitative estimate of drug-likeness (QED) is 0.502. The maximum absolute atomic E-state index is 13.0. The Morgan fingerprint density at radius 2 is 1.90 bits per heavy atom. The van der Waals surface area contributed by atoms with E-state index in [1.54, 1.807) is 0 Å². The molecule has 1 aliphatic rings. The molecule has 3 N–H and O–H groups in total. The van der Waals surface area contributed by atoms with Gasteiger partial charge in [-0.1, -0.05) is 42.0 Å². The van der Waals surface area contributed by atoms with E-state index in [2.05, 4.69) is 16.1 Å². The van der Waals surface area contributed by atoms with E-state index in [0.29, 0.717) is 18.7 Å². The minimum Gasteiger partial charge on any atom is -0.478 e. The lowest BCUT2D eigenvalue weighted by Gasteiger charge is -2.19. The minimum atomic E-state index is -3.88. The van der Waals surface area contributed by atoms with Crippen molar-refractivity contribution in [1.29, 1.82) is 0 Å². The lowest BCUT2D eigenvalue weighted by Crippen LogP contribution is -2.26. The molecule has 0 aromatic heterocycles. The van der Waals surface area contributed by atoms with Crippen LogP contribution in [0.1, 0.15) is 61.0 Å². The molecule has 7 heteroatoms. The molecule has 160 valence electrons. The second-order valence-electron chi connectivity index (χ2n) is 7.55. The Morgan fingerprint density at radius 3 is 2.57 bits per heavy atom. The summed E-state index contributed by atoms with van der Waals surface area (Å²) in [4.78, 5) is 11.4. The molecule has 0 saturated carbocycles. The summed E-state index contributed by atoms with van der Waals surface area (Å²) in [6, 6.07) is 13.6. The fraction of sp³-hybridized carbons (Fsp3) is 0.348. The molecule has 2 aromatic carbocycles. The van der Waals surface area contributed by atoms with Crippen molar-refractivity contribution in [3.8, 4) is 0 Å². The van der Waals surface area contributed by atoms with Crippen molar-refractivity contribution in [2.24, 2.45) is 0 Å². The van der Waals surface area contributed by atoms with Gasteiger partial charge in [0.2, 0.25) is 10.0 Å². The first-order valence-corrected chi connectivity index (χ1v) is 11.7. The zero-order valence-electron chi connectivity index (χ0n) is 17.1. The summed E-state index contributed by atoms with van der Waals surface area (Å²) in [5, 5.41) is 12.5. The maximum atomic E-state index is 13.0. The number of sulfonamides is 1. The average Bonchev–Trinajstić information content (AvgIpc) is 2.75. The number of hydrogen-bond acceptors (Lipinski definition) is 4. The first kappa shape index (κ1) is 22.1. The average molecular weight is 429 g/mol. The third-order valence-electron chi connectivity index (χ3n) is 5.31. The van der Waals surface area contributed by atoms with Crippen LogP contribution in [0.4, 0.5) is 5.69 Å². The molecule has 1 atom stereocenters. The van der Waals surface area contributed by atoms with E-state index in [-0.39, 0.29) is 16.5 Å². The number of rotatable bonds is 9. The van der Waals surface area contributed by atoms with Crippen LogP contribution in [-0.2, 0) is 10.0 Å². The van der Waals surface area contributed by atoms with Crippen molar-refractivity contribution in [3.05, 3.63) is 71.3 Å². The van der Waals surface area contributed by atoms with Crippen molar-refractivity contribution >= 4 is 21.7 Å². The maximum Gasteiger partial charge on any atom is 0.335 e. The summed E-state index contributed by atoms with van der Waals surface area (Å²) in [6.45, 7) is 2.22. The highest BCUT2D eigenvalue weighted by molar-refractivity contribution is 7.89. The van der Waals surface area contributed by atoms with E-state index < -0.39 is 16.0 Å². The van der Waals surface area contributed by atoms with E-state index in [1.165, 1.54) is 30.2 Å². The predicted octanol–water partition coefficient (Wildman–Crippen LogP) is 4.73. The second-order valence-corrected chi connectivity index (χ2v) is 9.28. The smallest absolute Gasteiger partial charge is 0.335 e. The van der Waals surface area contributed by atoms with Crippen LogP contribution in [0.2, 0.25) is 0 Å². The Morgan fingerprint density at radius 1 is 1.13 bits per heavy atom. The highest BCUT2D eigenvalue weighted by Gasteiger charge is 2.22. The van der Waals surface area contributed by atoms with E-state index in [0.717, 1.165) is 24.8 Å². The van der Waals surface area contributed by atoms with Crippen molar-refractivity contribution in [1.82, 2.24) is 4.72 Å². The highest BCUT2D eigenvalue weighted by Crippen LogP contribution is 2.27. The summed E-state index contributed by atoms with van der Waals surface area (Å²) >= 11 is 0. The van der Waals surface area contributed by atoms with Gasteiger partial charge < -0.3 is 10.4 Å². The Hall–Kier alpha value is -2.64. The molecule has 2 aromatic rings. The summed E-state index contributed by atoms with van der Waals surface area (Å²) in [5.74, 6) is -1.17. The fourth-order valence-corrected chi connectivity index (χ4v) is 4.84. The summed E-state index contributed by atoms with van der Waals surface area (Å²) < 4.78 is 28.7. The van der Waals surface area contributed by atoms with Gasteiger partial charge in [-0.3, -0.25) is 0 Å². The molecule has 1 aliphatic carbocycles. The molecule has 0 amide bonds. The normalized spacial score (nSPS) is 15.3. The Labute approximate surface area is 178 Å². The molecule has 0 spiro atoms. The monoisotopic (exact) mass is 428 g/mol. The van der Waals surface area contributed by atoms with E-state index in [9.17, 15) is 18.3 Å². The number of nitrogens with one attached hydrogen (secondary N) is 2. The molecule has 0 aliphatic heterocycles. The fourth-order valence-electron chi connectivity index (χ4n) is 3.61. The second kappa shape index (κ2) is 9.91. The van der Waals surface area contributed by atoms with Gasteiger partial charge in [0, 0.05) is 12.6 Å². The molecule has 0 radical (unpaired) electrons. The first-order chi connectivity index (χ1) is 14.4. The van der Waals surface area contributed by atoms with Crippen LogP contribution in [0.3, 0.4) is 0 Å². The van der Waals surface area contributed by atoms with Gasteiger partial charge in [0.25, 0.3) is 0 Å². The first-order valence-electron chi connectivity index (χ1n) is 10.2.